The van der Waals surface area contributed by atoms with Gasteiger partial charge in [0, 0.05) is 6.04 Å². The van der Waals surface area contributed by atoms with Gasteiger partial charge in [0.15, 0.2) is 0 Å². The van der Waals surface area contributed by atoms with Crippen LogP contribution in [0.15, 0.2) is 24.3 Å². The summed E-state index contributed by atoms with van der Waals surface area (Å²) in [5, 5.41) is 3.40. The maximum atomic E-state index is 5.28. The lowest BCUT2D eigenvalue weighted by atomic mass is 9.96. The minimum absolute atomic E-state index is 0.457. The average Bonchev–Trinajstić information content (AvgIpc) is 2.26. The van der Waals surface area contributed by atoms with E-state index in [1.807, 2.05) is 0 Å². The minimum atomic E-state index is 0.457. The molecule has 0 aliphatic carbocycles. The normalized spacial score (nSPS) is 12.4. The second-order valence-corrected chi connectivity index (χ2v) is 4.63. The molecule has 0 aliphatic rings. The van der Waals surface area contributed by atoms with Crippen LogP contribution >= 0.6 is 0 Å². The fraction of sp³-hybridized carbons (Fsp3) is 0.467. The summed E-state index contributed by atoms with van der Waals surface area (Å²) >= 11 is 0. The van der Waals surface area contributed by atoms with Gasteiger partial charge in [-0.25, -0.2) is 0 Å². The van der Waals surface area contributed by atoms with Gasteiger partial charge in [-0.15, -0.1) is 6.42 Å². The van der Waals surface area contributed by atoms with Crippen molar-refractivity contribution < 1.29 is 0 Å². The highest BCUT2D eigenvalue weighted by molar-refractivity contribution is 5.22. The molecule has 0 saturated heterocycles. The summed E-state index contributed by atoms with van der Waals surface area (Å²) in [4.78, 5) is 0. The van der Waals surface area contributed by atoms with Crippen LogP contribution in [0.5, 0.6) is 0 Å². The zero-order chi connectivity index (χ0) is 12.0. The van der Waals surface area contributed by atoms with E-state index in [4.69, 9.17) is 6.42 Å². The van der Waals surface area contributed by atoms with Gasteiger partial charge in [-0.2, -0.15) is 0 Å². The SMILES string of the molecule is C#CCNC(Cc1ccc(C)cc1)C(C)C. The van der Waals surface area contributed by atoms with Crippen LogP contribution in [-0.2, 0) is 6.42 Å². The van der Waals surface area contributed by atoms with Crippen molar-refractivity contribution in [2.45, 2.75) is 33.2 Å². The van der Waals surface area contributed by atoms with E-state index in [2.05, 4.69) is 56.3 Å². The Kier molecular flexibility index (Phi) is 5.08. The third-order valence-corrected chi connectivity index (χ3v) is 2.85. The Morgan fingerprint density at radius 3 is 2.38 bits per heavy atom. The minimum Gasteiger partial charge on any atom is -0.303 e. The van der Waals surface area contributed by atoms with E-state index in [1.165, 1.54) is 11.1 Å². The highest BCUT2D eigenvalue weighted by atomic mass is 14.9. The van der Waals surface area contributed by atoms with Crippen LogP contribution in [0, 0.1) is 25.2 Å². The lowest BCUT2D eigenvalue weighted by Gasteiger charge is -2.21. The summed E-state index contributed by atoms with van der Waals surface area (Å²) in [6, 6.07) is 9.17. The smallest absolute Gasteiger partial charge is 0.0576 e. The van der Waals surface area contributed by atoms with Gasteiger partial charge in [-0.1, -0.05) is 49.6 Å². The summed E-state index contributed by atoms with van der Waals surface area (Å²) < 4.78 is 0. The molecule has 0 aliphatic heterocycles. The van der Waals surface area contributed by atoms with E-state index in [-0.39, 0.29) is 0 Å². The van der Waals surface area contributed by atoms with Crippen LogP contribution in [0.1, 0.15) is 25.0 Å². The van der Waals surface area contributed by atoms with Crippen molar-refractivity contribution in [3.05, 3.63) is 35.4 Å². The fourth-order valence-corrected chi connectivity index (χ4v) is 1.71. The van der Waals surface area contributed by atoms with Crippen molar-refractivity contribution >= 4 is 0 Å². The number of hydrogen-bond acceptors (Lipinski definition) is 1. The van der Waals surface area contributed by atoms with Gasteiger partial charge in [0.25, 0.3) is 0 Å². The van der Waals surface area contributed by atoms with Crippen molar-refractivity contribution in [2.75, 3.05) is 6.54 Å². The first-order valence-corrected chi connectivity index (χ1v) is 5.86. The first kappa shape index (κ1) is 12.8. The fourth-order valence-electron chi connectivity index (χ4n) is 1.71. The molecular formula is C15H21N. The highest BCUT2D eigenvalue weighted by Gasteiger charge is 2.12. The molecular weight excluding hydrogens is 194 g/mol. The van der Waals surface area contributed by atoms with E-state index in [1.54, 1.807) is 0 Å². The maximum Gasteiger partial charge on any atom is 0.0576 e. The molecule has 1 rings (SSSR count). The van der Waals surface area contributed by atoms with Crippen molar-refractivity contribution in [3.8, 4) is 12.3 Å². The maximum absolute atomic E-state index is 5.28. The molecule has 0 saturated carbocycles. The molecule has 1 aromatic carbocycles. The number of rotatable bonds is 5. The molecule has 0 spiro atoms. The van der Waals surface area contributed by atoms with Crippen LogP contribution in [0.3, 0.4) is 0 Å². The second-order valence-electron chi connectivity index (χ2n) is 4.63. The van der Waals surface area contributed by atoms with Crippen molar-refractivity contribution in [1.29, 1.82) is 0 Å². The van der Waals surface area contributed by atoms with Crippen LogP contribution < -0.4 is 5.32 Å². The topological polar surface area (TPSA) is 12.0 Å². The summed E-state index contributed by atoms with van der Waals surface area (Å²) in [6.07, 6.45) is 6.32. The number of terminal acetylenes is 1. The standard InChI is InChI=1S/C15H21N/c1-5-10-16-15(12(2)3)11-14-8-6-13(4)7-9-14/h1,6-9,12,15-16H,10-11H2,2-4H3. The van der Waals surface area contributed by atoms with Gasteiger partial charge in [0.2, 0.25) is 0 Å². The van der Waals surface area contributed by atoms with Crippen LogP contribution in [0.25, 0.3) is 0 Å². The molecule has 0 amide bonds. The summed E-state index contributed by atoms with van der Waals surface area (Å²) in [6.45, 7) is 7.21. The molecule has 1 unspecified atom stereocenters. The van der Waals surface area contributed by atoms with Crippen molar-refractivity contribution in [3.63, 3.8) is 0 Å². The molecule has 16 heavy (non-hydrogen) atoms. The van der Waals surface area contributed by atoms with Gasteiger partial charge >= 0.3 is 0 Å². The molecule has 0 heterocycles. The summed E-state index contributed by atoms with van der Waals surface area (Å²) in [5.41, 5.74) is 2.68. The molecule has 1 N–H and O–H groups in total. The Labute approximate surface area is 99.3 Å². The van der Waals surface area contributed by atoms with Gasteiger partial charge in [-0.05, 0) is 24.8 Å². The second kappa shape index (κ2) is 6.35. The molecule has 0 radical (unpaired) electrons. The Hall–Kier alpha value is -1.26. The van der Waals surface area contributed by atoms with Gasteiger partial charge in [0.05, 0.1) is 6.54 Å². The molecule has 1 heteroatoms. The molecule has 0 bridgehead atoms. The molecule has 1 aromatic rings. The van der Waals surface area contributed by atoms with E-state index < -0.39 is 0 Å². The van der Waals surface area contributed by atoms with Crippen molar-refractivity contribution in [1.82, 2.24) is 5.32 Å². The Bertz CT molecular complexity index is 343. The number of nitrogens with one attached hydrogen (secondary N) is 1. The Balaban J connectivity index is 2.61. The lowest BCUT2D eigenvalue weighted by molar-refractivity contribution is 0.414. The molecule has 1 nitrogen and oxygen atoms in total. The molecule has 0 fully saturated rings. The number of hydrogen-bond donors (Lipinski definition) is 1. The average molecular weight is 215 g/mol. The van der Waals surface area contributed by atoms with E-state index >= 15 is 0 Å². The van der Waals surface area contributed by atoms with E-state index in [0.717, 1.165) is 6.42 Å². The Morgan fingerprint density at radius 1 is 1.25 bits per heavy atom. The van der Waals surface area contributed by atoms with Crippen LogP contribution in [0.2, 0.25) is 0 Å². The molecule has 0 aromatic heterocycles. The third kappa shape index (κ3) is 4.08. The largest absolute Gasteiger partial charge is 0.303 e. The first-order valence-electron chi connectivity index (χ1n) is 5.86. The summed E-state index contributed by atoms with van der Waals surface area (Å²) in [7, 11) is 0. The van der Waals surface area contributed by atoms with Crippen molar-refractivity contribution in [2.24, 2.45) is 5.92 Å². The van der Waals surface area contributed by atoms with E-state index in [0.29, 0.717) is 18.5 Å². The quantitative estimate of drug-likeness (QED) is 0.745. The zero-order valence-electron chi connectivity index (χ0n) is 10.5. The zero-order valence-corrected chi connectivity index (χ0v) is 10.5. The van der Waals surface area contributed by atoms with Crippen LogP contribution in [0.4, 0.5) is 0 Å². The highest BCUT2D eigenvalue weighted by Crippen LogP contribution is 2.11. The summed E-state index contributed by atoms with van der Waals surface area (Å²) in [5.74, 6) is 3.23. The predicted molar refractivity (Wildman–Crippen MR) is 70.3 cm³/mol. The number of aryl methyl sites for hydroxylation is 1. The third-order valence-electron chi connectivity index (χ3n) is 2.85. The Morgan fingerprint density at radius 2 is 1.88 bits per heavy atom. The number of benzene rings is 1. The van der Waals surface area contributed by atoms with Gasteiger partial charge in [-0.3, -0.25) is 0 Å². The first-order chi connectivity index (χ1) is 7.63. The lowest BCUT2D eigenvalue weighted by Crippen LogP contribution is -2.36. The predicted octanol–water partition coefficient (Wildman–Crippen LogP) is 2.78. The van der Waals surface area contributed by atoms with Gasteiger partial charge in [0.1, 0.15) is 0 Å². The monoisotopic (exact) mass is 215 g/mol. The molecule has 1 atom stereocenters. The van der Waals surface area contributed by atoms with Crippen LogP contribution in [-0.4, -0.2) is 12.6 Å². The van der Waals surface area contributed by atoms with E-state index in [9.17, 15) is 0 Å². The molecule has 86 valence electrons. The van der Waals surface area contributed by atoms with Gasteiger partial charge < -0.3 is 5.32 Å².